The van der Waals surface area contributed by atoms with Gasteiger partial charge in [-0.3, -0.25) is 4.79 Å². The van der Waals surface area contributed by atoms with E-state index in [-0.39, 0.29) is 23.7 Å². The number of carbonyl (C=O) groups excluding carboxylic acids is 1. The number of hydrogen-bond acceptors (Lipinski definition) is 2. The van der Waals surface area contributed by atoms with Gasteiger partial charge < -0.3 is 15.0 Å². The minimum absolute atomic E-state index is 0.0895. The standard InChI is InChI=1S/C19H23FN2O2/c1-22(12-14-4-2-3-5-18(14)23)19(24)17-11-21-10-16(17)13-6-8-15(20)9-7-13/h6-11,14,18,21,23H,2-5,12H2,1H3. The smallest absolute Gasteiger partial charge is 0.255 e. The van der Waals surface area contributed by atoms with Gasteiger partial charge in [0.2, 0.25) is 0 Å². The molecule has 24 heavy (non-hydrogen) atoms. The van der Waals surface area contributed by atoms with Crippen LogP contribution in [-0.2, 0) is 0 Å². The van der Waals surface area contributed by atoms with E-state index in [0.29, 0.717) is 12.1 Å². The first-order valence-corrected chi connectivity index (χ1v) is 8.42. The number of aromatic nitrogens is 1. The number of aliphatic hydroxyl groups excluding tert-OH is 1. The maximum Gasteiger partial charge on any atom is 0.255 e. The first-order valence-electron chi connectivity index (χ1n) is 8.42. The number of halogens is 1. The number of carbonyl (C=O) groups is 1. The second-order valence-electron chi connectivity index (χ2n) is 6.59. The van der Waals surface area contributed by atoms with Crippen LogP contribution >= 0.6 is 0 Å². The van der Waals surface area contributed by atoms with Crippen molar-refractivity contribution < 1.29 is 14.3 Å². The average Bonchev–Trinajstić information content (AvgIpc) is 3.06. The van der Waals surface area contributed by atoms with E-state index in [9.17, 15) is 14.3 Å². The first-order chi connectivity index (χ1) is 11.6. The van der Waals surface area contributed by atoms with Gasteiger partial charge in [0.15, 0.2) is 0 Å². The molecule has 0 radical (unpaired) electrons. The van der Waals surface area contributed by atoms with Crippen LogP contribution in [0.3, 0.4) is 0 Å². The average molecular weight is 330 g/mol. The third-order valence-electron chi connectivity index (χ3n) is 4.86. The fourth-order valence-electron chi connectivity index (χ4n) is 3.45. The summed E-state index contributed by atoms with van der Waals surface area (Å²) in [4.78, 5) is 17.4. The molecule has 1 fully saturated rings. The maximum absolute atomic E-state index is 13.1. The lowest BCUT2D eigenvalue weighted by molar-refractivity contribution is 0.0451. The maximum atomic E-state index is 13.1. The highest BCUT2D eigenvalue weighted by Crippen LogP contribution is 2.27. The summed E-state index contributed by atoms with van der Waals surface area (Å²) in [5.74, 6) is -0.250. The summed E-state index contributed by atoms with van der Waals surface area (Å²) in [5.41, 5.74) is 2.12. The zero-order chi connectivity index (χ0) is 17.1. The number of nitrogens with zero attached hydrogens (tertiary/aromatic N) is 1. The molecule has 1 aliphatic rings. The lowest BCUT2D eigenvalue weighted by Gasteiger charge is -2.31. The van der Waals surface area contributed by atoms with Crippen molar-refractivity contribution in [3.05, 3.63) is 48.0 Å². The number of aliphatic hydroxyl groups is 1. The van der Waals surface area contributed by atoms with Gasteiger partial charge in [-0.1, -0.05) is 25.0 Å². The number of amides is 1. The topological polar surface area (TPSA) is 56.3 Å². The van der Waals surface area contributed by atoms with E-state index in [1.165, 1.54) is 12.1 Å². The molecule has 2 unspecified atom stereocenters. The van der Waals surface area contributed by atoms with Crippen LogP contribution in [-0.4, -0.2) is 40.6 Å². The van der Waals surface area contributed by atoms with E-state index in [1.807, 2.05) is 0 Å². The summed E-state index contributed by atoms with van der Waals surface area (Å²) in [6, 6.07) is 6.11. The molecule has 128 valence electrons. The molecule has 1 heterocycles. The number of hydrogen-bond donors (Lipinski definition) is 2. The van der Waals surface area contributed by atoms with E-state index in [0.717, 1.165) is 36.8 Å². The first kappa shape index (κ1) is 16.7. The van der Waals surface area contributed by atoms with Crippen molar-refractivity contribution >= 4 is 5.91 Å². The zero-order valence-electron chi connectivity index (χ0n) is 13.8. The summed E-state index contributed by atoms with van der Waals surface area (Å²) in [6.07, 6.45) is 7.04. The van der Waals surface area contributed by atoms with Gasteiger partial charge in [0.25, 0.3) is 5.91 Å². The largest absolute Gasteiger partial charge is 0.393 e. The Bertz CT molecular complexity index is 696. The molecule has 1 aromatic heterocycles. The van der Waals surface area contributed by atoms with Crippen molar-refractivity contribution in [2.45, 2.75) is 31.8 Å². The Labute approximate surface area is 141 Å². The molecule has 0 aliphatic heterocycles. The summed E-state index contributed by atoms with van der Waals surface area (Å²) in [5, 5.41) is 10.1. The quantitative estimate of drug-likeness (QED) is 0.902. The van der Waals surface area contributed by atoms with Gasteiger partial charge in [-0.05, 0) is 30.5 Å². The van der Waals surface area contributed by atoms with Gasteiger partial charge in [-0.25, -0.2) is 4.39 Å². The Morgan fingerprint density at radius 1 is 1.25 bits per heavy atom. The predicted octanol–water partition coefficient (Wildman–Crippen LogP) is 3.44. The van der Waals surface area contributed by atoms with E-state index < -0.39 is 0 Å². The summed E-state index contributed by atoms with van der Waals surface area (Å²) >= 11 is 0. The van der Waals surface area contributed by atoms with Crippen molar-refractivity contribution in [3.8, 4) is 11.1 Å². The van der Waals surface area contributed by atoms with Crippen LogP contribution in [0.15, 0.2) is 36.7 Å². The van der Waals surface area contributed by atoms with E-state index in [2.05, 4.69) is 4.98 Å². The van der Waals surface area contributed by atoms with Crippen LogP contribution in [0.1, 0.15) is 36.0 Å². The number of H-pyrrole nitrogens is 1. The van der Waals surface area contributed by atoms with Crippen molar-refractivity contribution in [2.75, 3.05) is 13.6 Å². The fourth-order valence-corrected chi connectivity index (χ4v) is 3.45. The second-order valence-corrected chi connectivity index (χ2v) is 6.59. The van der Waals surface area contributed by atoms with Crippen LogP contribution in [0.5, 0.6) is 0 Å². The number of aromatic amines is 1. The molecule has 1 aromatic carbocycles. The van der Waals surface area contributed by atoms with Gasteiger partial charge in [0.1, 0.15) is 5.82 Å². The SMILES string of the molecule is CN(CC1CCCCC1O)C(=O)c1c[nH]cc1-c1ccc(F)cc1. The van der Waals surface area contributed by atoms with Gasteiger partial charge in [-0.2, -0.15) is 0 Å². The monoisotopic (exact) mass is 330 g/mol. The lowest BCUT2D eigenvalue weighted by Crippen LogP contribution is -2.38. The van der Waals surface area contributed by atoms with E-state index in [1.54, 1.807) is 36.5 Å². The highest BCUT2D eigenvalue weighted by molar-refractivity contribution is 6.00. The van der Waals surface area contributed by atoms with Gasteiger partial charge in [-0.15, -0.1) is 0 Å². The van der Waals surface area contributed by atoms with Crippen LogP contribution in [0, 0.1) is 11.7 Å². The van der Waals surface area contributed by atoms with Gasteiger partial charge in [0.05, 0.1) is 11.7 Å². The number of rotatable bonds is 4. The molecule has 2 aromatic rings. The Balaban J connectivity index is 1.75. The molecule has 0 bridgehead atoms. The molecular formula is C19H23FN2O2. The van der Waals surface area contributed by atoms with Crippen molar-refractivity contribution in [1.29, 1.82) is 0 Å². The molecular weight excluding hydrogens is 307 g/mol. The highest BCUT2D eigenvalue weighted by Gasteiger charge is 2.27. The molecule has 4 nitrogen and oxygen atoms in total. The summed E-state index contributed by atoms with van der Waals surface area (Å²) in [6.45, 7) is 0.550. The Kier molecular flexibility index (Phi) is 5.00. The second kappa shape index (κ2) is 7.18. The van der Waals surface area contributed by atoms with Crippen LogP contribution in [0.25, 0.3) is 11.1 Å². The third kappa shape index (κ3) is 3.51. The molecule has 0 spiro atoms. The highest BCUT2D eigenvalue weighted by atomic mass is 19.1. The molecule has 0 saturated heterocycles. The minimum atomic E-state index is -0.322. The van der Waals surface area contributed by atoms with Crippen molar-refractivity contribution in [2.24, 2.45) is 5.92 Å². The van der Waals surface area contributed by atoms with Gasteiger partial charge >= 0.3 is 0 Å². The molecule has 1 saturated carbocycles. The molecule has 5 heteroatoms. The van der Waals surface area contributed by atoms with Crippen molar-refractivity contribution in [1.82, 2.24) is 9.88 Å². The molecule has 3 rings (SSSR count). The van der Waals surface area contributed by atoms with E-state index >= 15 is 0 Å². The Morgan fingerprint density at radius 3 is 2.67 bits per heavy atom. The molecule has 1 aliphatic carbocycles. The molecule has 2 atom stereocenters. The lowest BCUT2D eigenvalue weighted by atomic mass is 9.86. The fraction of sp³-hybridized carbons (Fsp3) is 0.421. The molecule has 2 N–H and O–H groups in total. The normalized spacial score (nSPS) is 20.8. The van der Waals surface area contributed by atoms with E-state index in [4.69, 9.17) is 0 Å². The van der Waals surface area contributed by atoms with Crippen LogP contribution in [0.4, 0.5) is 4.39 Å². The molecule has 1 amide bonds. The van der Waals surface area contributed by atoms with Gasteiger partial charge in [0, 0.05) is 37.5 Å². The third-order valence-corrected chi connectivity index (χ3v) is 4.86. The number of benzene rings is 1. The minimum Gasteiger partial charge on any atom is -0.393 e. The number of nitrogens with one attached hydrogen (secondary N) is 1. The Hall–Kier alpha value is -2.14. The van der Waals surface area contributed by atoms with Crippen LogP contribution < -0.4 is 0 Å². The van der Waals surface area contributed by atoms with Crippen molar-refractivity contribution in [3.63, 3.8) is 0 Å². The Morgan fingerprint density at radius 2 is 1.96 bits per heavy atom. The zero-order valence-corrected chi connectivity index (χ0v) is 13.8. The summed E-state index contributed by atoms with van der Waals surface area (Å²) in [7, 11) is 1.77. The summed E-state index contributed by atoms with van der Waals surface area (Å²) < 4.78 is 13.1. The predicted molar refractivity (Wildman–Crippen MR) is 91.1 cm³/mol. The van der Waals surface area contributed by atoms with Crippen LogP contribution in [0.2, 0.25) is 0 Å².